The van der Waals surface area contributed by atoms with Gasteiger partial charge in [0.25, 0.3) is 0 Å². The van der Waals surface area contributed by atoms with Crippen molar-refractivity contribution in [2.24, 2.45) is 5.92 Å². The second kappa shape index (κ2) is 12.4. The maximum atomic E-state index is 11.6. The van der Waals surface area contributed by atoms with E-state index < -0.39 is 0 Å². The SMILES string of the molecule is CCCCCCCCCCCCC1CCCCC(=O)C1. The third-order valence-corrected chi connectivity index (χ3v) is 4.80. The number of unbranched alkanes of at least 4 members (excludes halogenated alkanes) is 9. The van der Waals surface area contributed by atoms with Gasteiger partial charge in [-0.2, -0.15) is 0 Å². The van der Waals surface area contributed by atoms with Crippen molar-refractivity contribution in [2.45, 2.75) is 110 Å². The van der Waals surface area contributed by atoms with Crippen LogP contribution in [0.15, 0.2) is 0 Å². The molecule has 0 N–H and O–H groups in total. The Balaban J connectivity index is 1.85. The monoisotopic (exact) mass is 280 g/mol. The van der Waals surface area contributed by atoms with Crippen LogP contribution in [0.1, 0.15) is 110 Å². The Morgan fingerprint density at radius 2 is 1.45 bits per heavy atom. The Bertz CT molecular complexity index is 234. The molecule has 118 valence electrons. The Morgan fingerprint density at radius 1 is 0.850 bits per heavy atom. The van der Waals surface area contributed by atoms with E-state index in [0.717, 1.165) is 25.2 Å². The van der Waals surface area contributed by atoms with Crippen LogP contribution in [0.2, 0.25) is 0 Å². The molecular formula is C19H36O. The van der Waals surface area contributed by atoms with E-state index in [1.54, 1.807) is 0 Å². The van der Waals surface area contributed by atoms with Gasteiger partial charge >= 0.3 is 0 Å². The fourth-order valence-corrected chi connectivity index (χ4v) is 3.45. The van der Waals surface area contributed by atoms with Crippen molar-refractivity contribution in [3.63, 3.8) is 0 Å². The van der Waals surface area contributed by atoms with Crippen molar-refractivity contribution in [1.82, 2.24) is 0 Å². The van der Waals surface area contributed by atoms with Gasteiger partial charge in [0, 0.05) is 12.8 Å². The summed E-state index contributed by atoms with van der Waals surface area (Å²) in [5, 5.41) is 0. The Hall–Kier alpha value is -0.330. The van der Waals surface area contributed by atoms with Crippen LogP contribution in [-0.2, 0) is 4.79 Å². The number of hydrogen-bond acceptors (Lipinski definition) is 1. The lowest BCUT2D eigenvalue weighted by atomic mass is 9.93. The van der Waals surface area contributed by atoms with Gasteiger partial charge in [0.1, 0.15) is 5.78 Å². The van der Waals surface area contributed by atoms with Crippen LogP contribution in [0.25, 0.3) is 0 Å². The number of carbonyl (C=O) groups excluding carboxylic acids is 1. The molecule has 20 heavy (non-hydrogen) atoms. The lowest BCUT2D eigenvalue weighted by Crippen LogP contribution is -2.04. The molecule has 1 unspecified atom stereocenters. The molecule has 1 aliphatic rings. The van der Waals surface area contributed by atoms with E-state index in [-0.39, 0.29) is 0 Å². The fraction of sp³-hybridized carbons (Fsp3) is 0.947. The molecule has 0 aromatic rings. The second-order valence-electron chi connectivity index (χ2n) is 6.83. The van der Waals surface area contributed by atoms with Crippen LogP contribution in [0.5, 0.6) is 0 Å². The lowest BCUT2D eigenvalue weighted by Gasteiger charge is -2.12. The van der Waals surface area contributed by atoms with Crippen LogP contribution in [-0.4, -0.2) is 5.78 Å². The van der Waals surface area contributed by atoms with E-state index in [0.29, 0.717) is 5.78 Å². The molecule has 0 radical (unpaired) electrons. The van der Waals surface area contributed by atoms with Gasteiger partial charge in [-0.1, -0.05) is 90.4 Å². The number of hydrogen-bond donors (Lipinski definition) is 0. The highest BCUT2D eigenvalue weighted by molar-refractivity contribution is 5.78. The molecule has 1 fully saturated rings. The van der Waals surface area contributed by atoms with Gasteiger partial charge < -0.3 is 0 Å². The van der Waals surface area contributed by atoms with Crippen molar-refractivity contribution in [3.05, 3.63) is 0 Å². The molecular weight excluding hydrogens is 244 g/mol. The van der Waals surface area contributed by atoms with E-state index in [1.165, 1.54) is 83.5 Å². The Labute approximate surface area is 126 Å². The van der Waals surface area contributed by atoms with Crippen LogP contribution in [0, 0.1) is 5.92 Å². The standard InChI is InChI=1S/C19H36O/c1-2-3-4-5-6-7-8-9-10-11-14-18-15-12-13-16-19(20)17-18/h18H,2-17H2,1H3. The number of Topliss-reactive ketones (excluding diaryl/α,β-unsaturated/α-hetero) is 1. The Kier molecular flexibility index (Phi) is 11.0. The lowest BCUT2D eigenvalue weighted by molar-refractivity contribution is -0.119. The first-order valence-electron chi connectivity index (χ1n) is 9.34. The predicted octanol–water partition coefficient (Wildman–Crippen LogP) is 6.45. The van der Waals surface area contributed by atoms with Crippen molar-refractivity contribution in [1.29, 1.82) is 0 Å². The average Bonchev–Trinajstić information content (AvgIpc) is 2.65. The zero-order chi connectivity index (χ0) is 14.5. The highest BCUT2D eigenvalue weighted by atomic mass is 16.1. The quantitative estimate of drug-likeness (QED) is 0.314. The van der Waals surface area contributed by atoms with Gasteiger partial charge in [-0.05, 0) is 12.3 Å². The number of rotatable bonds is 11. The topological polar surface area (TPSA) is 17.1 Å². The van der Waals surface area contributed by atoms with E-state index >= 15 is 0 Å². The molecule has 0 saturated heterocycles. The maximum absolute atomic E-state index is 11.6. The zero-order valence-electron chi connectivity index (χ0n) is 13.8. The minimum Gasteiger partial charge on any atom is -0.300 e. The van der Waals surface area contributed by atoms with Crippen molar-refractivity contribution >= 4 is 5.78 Å². The van der Waals surface area contributed by atoms with Gasteiger partial charge in [-0.15, -0.1) is 0 Å². The smallest absolute Gasteiger partial charge is 0.133 e. The first kappa shape index (κ1) is 17.7. The summed E-state index contributed by atoms with van der Waals surface area (Å²) in [7, 11) is 0. The molecule has 0 spiro atoms. The summed E-state index contributed by atoms with van der Waals surface area (Å²) in [6.07, 6.45) is 20.9. The molecule has 1 rings (SSSR count). The van der Waals surface area contributed by atoms with Crippen LogP contribution >= 0.6 is 0 Å². The summed E-state index contributed by atoms with van der Waals surface area (Å²) in [5.74, 6) is 1.25. The minimum atomic E-state index is 0.527. The minimum absolute atomic E-state index is 0.527. The van der Waals surface area contributed by atoms with E-state index in [9.17, 15) is 4.79 Å². The molecule has 0 aliphatic heterocycles. The van der Waals surface area contributed by atoms with Crippen molar-refractivity contribution in [2.75, 3.05) is 0 Å². The van der Waals surface area contributed by atoms with E-state index in [1.807, 2.05) is 0 Å². The summed E-state index contributed by atoms with van der Waals surface area (Å²) in [6.45, 7) is 2.28. The second-order valence-corrected chi connectivity index (χ2v) is 6.83. The fourth-order valence-electron chi connectivity index (χ4n) is 3.45. The Morgan fingerprint density at radius 3 is 2.10 bits per heavy atom. The van der Waals surface area contributed by atoms with E-state index in [4.69, 9.17) is 0 Å². The summed E-state index contributed by atoms with van der Waals surface area (Å²) >= 11 is 0. The largest absolute Gasteiger partial charge is 0.300 e. The predicted molar refractivity (Wildman–Crippen MR) is 88.0 cm³/mol. The summed E-state index contributed by atoms with van der Waals surface area (Å²) in [5.41, 5.74) is 0. The molecule has 0 amide bonds. The summed E-state index contributed by atoms with van der Waals surface area (Å²) in [6, 6.07) is 0. The molecule has 0 aromatic carbocycles. The van der Waals surface area contributed by atoms with Gasteiger partial charge in [-0.25, -0.2) is 0 Å². The van der Waals surface area contributed by atoms with Crippen molar-refractivity contribution in [3.8, 4) is 0 Å². The molecule has 1 saturated carbocycles. The molecule has 1 aliphatic carbocycles. The molecule has 1 heteroatoms. The van der Waals surface area contributed by atoms with Crippen LogP contribution < -0.4 is 0 Å². The zero-order valence-corrected chi connectivity index (χ0v) is 13.8. The van der Waals surface area contributed by atoms with Gasteiger partial charge in [0.2, 0.25) is 0 Å². The average molecular weight is 280 g/mol. The third-order valence-electron chi connectivity index (χ3n) is 4.80. The molecule has 1 nitrogen and oxygen atoms in total. The van der Waals surface area contributed by atoms with Gasteiger partial charge in [0.15, 0.2) is 0 Å². The normalized spacial score (nSPS) is 20.1. The first-order chi connectivity index (χ1) is 9.83. The van der Waals surface area contributed by atoms with Gasteiger partial charge in [-0.3, -0.25) is 4.79 Å². The van der Waals surface area contributed by atoms with Crippen molar-refractivity contribution < 1.29 is 4.79 Å². The summed E-state index contributed by atoms with van der Waals surface area (Å²) in [4.78, 5) is 11.6. The van der Waals surface area contributed by atoms with Crippen LogP contribution in [0.3, 0.4) is 0 Å². The number of ketones is 1. The van der Waals surface area contributed by atoms with E-state index in [2.05, 4.69) is 6.92 Å². The molecule has 0 heterocycles. The maximum Gasteiger partial charge on any atom is 0.133 e. The number of carbonyl (C=O) groups is 1. The molecule has 1 atom stereocenters. The van der Waals surface area contributed by atoms with Gasteiger partial charge in [0.05, 0.1) is 0 Å². The third kappa shape index (κ3) is 9.55. The summed E-state index contributed by atoms with van der Waals surface area (Å²) < 4.78 is 0. The van der Waals surface area contributed by atoms with Crippen LogP contribution in [0.4, 0.5) is 0 Å². The highest BCUT2D eigenvalue weighted by Crippen LogP contribution is 2.25. The first-order valence-corrected chi connectivity index (χ1v) is 9.34. The highest BCUT2D eigenvalue weighted by Gasteiger charge is 2.16. The molecule has 0 bridgehead atoms. The molecule has 0 aromatic heterocycles.